The number of carbonyl (C=O) groups excluding carboxylic acids is 1. The van der Waals surface area contributed by atoms with E-state index in [4.69, 9.17) is 9.47 Å². The molecule has 0 atom stereocenters. The second-order valence-corrected chi connectivity index (χ2v) is 7.83. The smallest absolute Gasteiger partial charge is 0.250 e. The second kappa shape index (κ2) is 9.80. The molecular formula is C20H21BrN2O3S. The number of benzene rings is 2. The summed E-state index contributed by atoms with van der Waals surface area (Å²) >= 11 is 5.01. The maximum atomic E-state index is 12.1. The number of ether oxygens (including phenoxy) is 2. The SMILES string of the molecule is CC/C(=N/NC(=O)CSCc1cccc(Br)c1)c1ccc2c(c1)OCCO2. The largest absolute Gasteiger partial charge is 0.486 e. The number of halogens is 1. The third-order valence-corrected chi connectivity index (χ3v) is 5.41. The van der Waals surface area contributed by atoms with Crippen LogP contribution in [-0.4, -0.2) is 30.6 Å². The molecule has 27 heavy (non-hydrogen) atoms. The fraction of sp³-hybridized carbons (Fsp3) is 0.300. The highest BCUT2D eigenvalue weighted by Gasteiger charge is 2.13. The zero-order valence-electron chi connectivity index (χ0n) is 15.0. The molecule has 2 aromatic rings. The number of rotatable bonds is 7. The number of amides is 1. The van der Waals surface area contributed by atoms with Crippen LogP contribution in [0, 0.1) is 0 Å². The highest BCUT2D eigenvalue weighted by Crippen LogP contribution is 2.31. The lowest BCUT2D eigenvalue weighted by atomic mass is 10.1. The lowest BCUT2D eigenvalue weighted by molar-refractivity contribution is -0.118. The van der Waals surface area contributed by atoms with Crippen LogP contribution in [0.25, 0.3) is 0 Å². The van der Waals surface area contributed by atoms with Gasteiger partial charge in [0.25, 0.3) is 0 Å². The highest BCUT2D eigenvalue weighted by molar-refractivity contribution is 9.10. The van der Waals surface area contributed by atoms with Gasteiger partial charge in [0.1, 0.15) is 13.2 Å². The lowest BCUT2D eigenvalue weighted by Gasteiger charge is -2.19. The molecule has 0 bridgehead atoms. The number of hydrogen-bond donors (Lipinski definition) is 1. The first-order valence-corrected chi connectivity index (χ1v) is 10.7. The third kappa shape index (κ3) is 5.74. The number of fused-ring (bicyclic) bond motifs is 1. The van der Waals surface area contributed by atoms with E-state index in [-0.39, 0.29) is 5.91 Å². The van der Waals surface area contributed by atoms with Gasteiger partial charge in [0, 0.05) is 15.8 Å². The van der Waals surface area contributed by atoms with E-state index in [0.717, 1.165) is 33.0 Å². The minimum absolute atomic E-state index is 0.113. The second-order valence-electron chi connectivity index (χ2n) is 5.93. The fourth-order valence-electron chi connectivity index (χ4n) is 2.62. The van der Waals surface area contributed by atoms with E-state index in [1.165, 1.54) is 5.56 Å². The minimum atomic E-state index is -0.113. The fourth-order valence-corrected chi connectivity index (χ4v) is 3.83. The molecule has 1 heterocycles. The van der Waals surface area contributed by atoms with Crippen LogP contribution in [0.5, 0.6) is 11.5 Å². The number of nitrogens with zero attached hydrogens (tertiary/aromatic N) is 1. The van der Waals surface area contributed by atoms with E-state index in [2.05, 4.69) is 32.5 Å². The van der Waals surface area contributed by atoms with Gasteiger partial charge in [-0.3, -0.25) is 4.79 Å². The maximum absolute atomic E-state index is 12.1. The summed E-state index contributed by atoms with van der Waals surface area (Å²) in [6.07, 6.45) is 0.700. The highest BCUT2D eigenvalue weighted by atomic mass is 79.9. The van der Waals surface area contributed by atoms with E-state index in [0.29, 0.717) is 25.4 Å². The molecule has 3 rings (SSSR count). The van der Waals surface area contributed by atoms with Crippen molar-refractivity contribution in [2.75, 3.05) is 19.0 Å². The predicted molar refractivity (Wildman–Crippen MR) is 113 cm³/mol. The van der Waals surface area contributed by atoms with Crippen LogP contribution in [-0.2, 0) is 10.5 Å². The first-order valence-electron chi connectivity index (χ1n) is 8.73. The zero-order valence-corrected chi connectivity index (χ0v) is 17.4. The van der Waals surface area contributed by atoms with Crippen LogP contribution in [0.15, 0.2) is 52.0 Å². The van der Waals surface area contributed by atoms with Gasteiger partial charge in [0.2, 0.25) is 5.91 Å². The first-order chi connectivity index (χ1) is 13.2. The third-order valence-electron chi connectivity index (χ3n) is 3.92. The van der Waals surface area contributed by atoms with Crippen LogP contribution in [0.3, 0.4) is 0 Å². The Kier molecular flexibility index (Phi) is 7.18. The normalized spacial score (nSPS) is 13.3. The van der Waals surface area contributed by atoms with Crippen LogP contribution < -0.4 is 14.9 Å². The predicted octanol–water partition coefficient (Wildman–Crippen LogP) is 4.38. The Morgan fingerprint density at radius 2 is 2.00 bits per heavy atom. The molecule has 0 unspecified atom stereocenters. The van der Waals surface area contributed by atoms with Gasteiger partial charge in [-0.05, 0) is 42.3 Å². The molecule has 5 nitrogen and oxygen atoms in total. The van der Waals surface area contributed by atoms with Crippen molar-refractivity contribution in [3.63, 3.8) is 0 Å². The topological polar surface area (TPSA) is 59.9 Å². The van der Waals surface area contributed by atoms with Crippen LogP contribution >= 0.6 is 27.7 Å². The van der Waals surface area contributed by atoms with Crippen molar-refractivity contribution in [2.45, 2.75) is 19.1 Å². The van der Waals surface area contributed by atoms with E-state index in [9.17, 15) is 4.79 Å². The zero-order chi connectivity index (χ0) is 19.1. The number of hydrazone groups is 1. The molecule has 1 aliphatic heterocycles. The van der Waals surface area contributed by atoms with Gasteiger partial charge in [-0.1, -0.05) is 35.0 Å². The average molecular weight is 449 g/mol. The summed E-state index contributed by atoms with van der Waals surface area (Å²) < 4.78 is 12.2. The molecule has 0 radical (unpaired) electrons. The summed E-state index contributed by atoms with van der Waals surface area (Å²) in [7, 11) is 0. The van der Waals surface area contributed by atoms with Crippen molar-refractivity contribution >= 4 is 39.3 Å². The molecule has 1 amide bonds. The molecule has 142 valence electrons. The molecule has 1 aliphatic rings. The molecule has 0 fully saturated rings. The Morgan fingerprint density at radius 3 is 2.78 bits per heavy atom. The summed E-state index contributed by atoms with van der Waals surface area (Å²) in [4.78, 5) is 12.1. The van der Waals surface area contributed by atoms with Crippen LogP contribution in [0.1, 0.15) is 24.5 Å². The Labute approximate surface area is 171 Å². The molecule has 7 heteroatoms. The Balaban J connectivity index is 1.54. The summed E-state index contributed by atoms with van der Waals surface area (Å²) in [6.45, 7) is 3.11. The Bertz CT molecular complexity index is 842. The van der Waals surface area contributed by atoms with Gasteiger partial charge in [0.15, 0.2) is 11.5 Å². The summed E-state index contributed by atoms with van der Waals surface area (Å²) in [5.41, 5.74) is 5.56. The average Bonchev–Trinajstić information content (AvgIpc) is 2.68. The summed E-state index contributed by atoms with van der Waals surface area (Å²) in [5, 5.41) is 4.30. The van der Waals surface area contributed by atoms with E-state index in [1.807, 2.05) is 43.3 Å². The van der Waals surface area contributed by atoms with Gasteiger partial charge in [-0.25, -0.2) is 5.43 Å². The Hall–Kier alpha value is -1.99. The van der Waals surface area contributed by atoms with Crippen molar-refractivity contribution in [3.05, 3.63) is 58.1 Å². The summed E-state index contributed by atoms with van der Waals surface area (Å²) in [5.74, 6) is 2.48. The lowest BCUT2D eigenvalue weighted by Crippen LogP contribution is -2.22. The standard InChI is InChI=1S/C20H21BrN2O3S/c1-2-17(15-6-7-18-19(11-15)26-9-8-25-18)22-23-20(24)13-27-12-14-4-3-5-16(21)10-14/h3-7,10-11H,2,8-9,12-13H2,1H3,(H,23,24)/b22-17-. The van der Waals surface area contributed by atoms with E-state index in [1.54, 1.807) is 11.8 Å². The number of carbonyl (C=O) groups is 1. The maximum Gasteiger partial charge on any atom is 0.250 e. The molecular weight excluding hydrogens is 428 g/mol. The molecule has 0 aromatic heterocycles. The molecule has 0 aliphatic carbocycles. The van der Waals surface area contributed by atoms with Gasteiger partial charge in [-0.15, -0.1) is 11.8 Å². The van der Waals surface area contributed by atoms with E-state index >= 15 is 0 Å². The number of hydrogen-bond acceptors (Lipinski definition) is 5. The van der Waals surface area contributed by atoms with Crippen LogP contribution in [0.4, 0.5) is 0 Å². The minimum Gasteiger partial charge on any atom is -0.486 e. The van der Waals surface area contributed by atoms with Crippen molar-refractivity contribution in [2.24, 2.45) is 5.10 Å². The van der Waals surface area contributed by atoms with Crippen molar-refractivity contribution in [1.82, 2.24) is 5.43 Å². The van der Waals surface area contributed by atoms with Crippen LogP contribution in [0.2, 0.25) is 0 Å². The molecule has 2 aromatic carbocycles. The quantitative estimate of drug-likeness (QED) is 0.504. The summed E-state index contributed by atoms with van der Waals surface area (Å²) in [6, 6.07) is 13.8. The molecule has 0 saturated carbocycles. The van der Waals surface area contributed by atoms with Crippen molar-refractivity contribution < 1.29 is 14.3 Å². The van der Waals surface area contributed by atoms with E-state index < -0.39 is 0 Å². The Morgan fingerprint density at radius 1 is 1.19 bits per heavy atom. The van der Waals surface area contributed by atoms with Gasteiger partial charge >= 0.3 is 0 Å². The van der Waals surface area contributed by atoms with Crippen molar-refractivity contribution in [1.29, 1.82) is 0 Å². The number of thioether (sulfide) groups is 1. The monoisotopic (exact) mass is 448 g/mol. The molecule has 0 spiro atoms. The first kappa shape index (κ1) is 19.8. The van der Waals surface area contributed by atoms with Gasteiger partial charge < -0.3 is 9.47 Å². The molecule has 1 N–H and O–H groups in total. The van der Waals surface area contributed by atoms with Gasteiger partial charge in [0.05, 0.1) is 11.5 Å². The van der Waals surface area contributed by atoms with Gasteiger partial charge in [-0.2, -0.15) is 5.10 Å². The number of nitrogens with one attached hydrogen (secondary N) is 1. The molecule has 0 saturated heterocycles. The van der Waals surface area contributed by atoms with Crippen molar-refractivity contribution in [3.8, 4) is 11.5 Å².